The lowest BCUT2D eigenvalue weighted by Crippen LogP contribution is -2.54. The summed E-state index contributed by atoms with van der Waals surface area (Å²) in [6.45, 7) is 11.4. The molecular weight excluding hydrogens is 302 g/mol. The molecule has 0 bridgehead atoms. The molecule has 2 aliphatic rings. The van der Waals surface area contributed by atoms with E-state index in [-0.39, 0.29) is 5.66 Å². The van der Waals surface area contributed by atoms with E-state index in [0.29, 0.717) is 5.41 Å². The van der Waals surface area contributed by atoms with Crippen LogP contribution in [0.25, 0.3) is 0 Å². The molecule has 1 spiro atoms. The van der Waals surface area contributed by atoms with Gasteiger partial charge in [-0.15, -0.1) is 0 Å². The van der Waals surface area contributed by atoms with Crippen LogP contribution in [-0.2, 0) is 0 Å². The zero-order valence-electron chi connectivity index (χ0n) is 15.0. The predicted molar refractivity (Wildman–Crippen MR) is 101 cm³/mol. The lowest BCUT2D eigenvalue weighted by atomic mass is 9.70. The SMILES string of the molecule is Cc1cccc(N2NC3(CCC(C(C)(C)C)CC3)NC2=S)c1C. The second-order valence-corrected chi connectivity index (χ2v) is 8.71. The first-order valence-electron chi connectivity index (χ1n) is 8.68. The maximum Gasteiger partial charge on any atom is 0.189 e. The zero-order chi connectivity index (χ0) is 16.8. The fraction of sp³-hybridized carbons (Fsp3) is 0.632. The molecule has 1 aromatic rings. The zero-order valence-corrected chi connectivity index (χ0v) is 15.8. The summed E-state index contributed by atoms with van der Waals surface area (Å²) in [5.41, 5.74) is 7.77. The number of hydrogen-bond acceptors (Lipinski definition) is 2. The molecule has 3 nitrogen and oxygen atoms in total. The number of anilines is 1. The quantitative estimate of drug-likeness (QED) is 0.744. The molecule has 23 heavy (non-hydrogen) atoms. The van der Waals surface area contributed by atoms with Crippen molar-refractivity contribution in [1.82, 2.24) is 10.7 Å². The third-order valence-electron chi connectivity index (χ3n) is 5.76. The van der Waals surface area contributed by atoms with E-state index < -0.39 is 0 Å². The van der Waals surface area contributed by atoms with Gasteiger partial charge >= 0.3 is 0 Å². The van der Waals surface area contributed by atoms with Gasteiger partial charge < -0.3 is 5.32 Å². The van der Waals surface area contributed by atoms with Gasteiger partial charge in [-0.25, -0.2) is 10.4 Å². The highest BCUT2D eigenvalue weighted by atomic mass is 32.1. The Balaban J connectivity index is 1.77. The number of benzene rings is 1. The molecule has 0 unspecified atom stereocenters. The van der Waals surface area contributed by atoms with E-state index in [1.807, 2.05) is 0 Å². The Morgan fingerprint density at radius 1 is 1.17 bits per heavy atom. The van der Waals surface area contributed by atoms with Gasteiger partial charge in [0.05, 0.1) is 5.69 Å². The number of thiocarbonyl (C=S) groups is 1. The summed E-state index contributed by atoms with van der Waals surface area (Å²) < 4.78 is 0. The Labute approximate surface area is 145 Å². The summed E-state index contributed by atoms with van der Waals surface area (Å²) in [5, 5.41) is 6.46. The van der Waals surface area contributed by atoms with Gasteiger partial charge in [0, 0.05) is 0 Å². The second-order valence-electron chi connectivity index (χ2n) is 8.32. The third kappa shape index (κ3) is 3.11. The first kappa shape index (κ1) is 16.7. The van der Waals surface area contributed by atoms with E-state index in [1.54, 1.807) is 0 Å². The van der Waals surface area contributed by atoms with E-state index in [1.165, 1.54) is 24.0 Å². The molecule has 2 fully saturated rings. The van der Waals surface area contributed by atoms with E-state index >= 15 is 0 Å². The van der Waals surface area contributed by atoms with Gasteiger partial charge in [0.1, 0.15) is 5.66 Å². The summed E-state index contributed by atoms with van der Waals surface area (Å²) >= 11 is 5.63. The van der Waals surface area contributed by atoms with E-state index in [0.717, 1.165) is 29.6 Å². The fourth-order valence-electron chi connectivity index (χ4n) is 3.91. The minimum absolute atomic E-state index is 0.0605. The molecule has 4 heteroatoms. The van der Waals surface area contributed by atoms with Crippen LogP contribution in [0.4, 0.5) is 5.69 Å². The standard InChI is InChI=1S/C19H29N3S/c1-13-7-6-8-16(14(13)2)22-17(23)20-19(21-22)11-9-15(10-12-19)18(3,4)5/h6-8,15,21H,9-12H2,1-5H3,(H,20,23). The van der Waals surface area contributed by atoms with Crippen molar-refractivity contribution >= 4 is 23.0 Å². The molecule has 3 rings (SSSR count). The first-order chi connectivity index (χ1) is 10.7. The van der Waals surface area contributed by atoms with Gasteiger partial charge in [-0.1, -0.05) is 32.9 Å². The summed E-state index contributed by atoms with van der Waals surface area (Å²) in [4.78, 5) is 0. The number of nitrogens with one attached hydrogen (secondary N) is 2. The average molecular weight is 332 g/mol. The molecule has 0 aromatic heterocycles. The van der Waals surface area contributed by atoms with Crippen molar-refractivity contribution in [3.05, 3.63) is 29.3 Å². The Kier molecular flexibility index (Phi) is 4.18. The number of hydrogen-bond donors (Lipinski definition) is 2. The molecule has 1 saturated heterocycles. The topological polar surface area (TPSA) is 27.3 Å². The maximum atomic E-state index is 5.63. The molecule has 1 aliphatic heterocycles. The number of nitrogens with zero attached hydrogens (tertiary/aromatic N) is 1. The fourth-order valence-corrected chi connectivity index (χ4v) is 4.25. The highest BCUT2D eigenvalue weighted by Crippen LogP contribution is 2.42. The Bertz CT molecular complexity index is 610. The highest BCUT2D eigenvalue weighted by molar-refractivity contribution is 7.80. The van der Waals surface area contributed by atoms with Gasteiger partial charge in [0.2, 0.25) is 0 Å². The van der Waals surface area contributed by atoms with Crippen molar-refractivity contribution < 1.29 is 0 Å². The highest BCUT2D eigenvalue weighted by Gasteiger charge is 2.45. The van der Waals surface area contributed by atoms with Gasteiger partial charge in [-0.05, 0) is 80.3 Å². The minimum atomic E-state index is -0.0605. The largest absolute Gasteiger partial charge is 0.342 e. The maximum absolute atomic E-state index is 5.63. The van der Waals surface area contributed by atoms with Crippen LogP contribution in [0.15, 0.2) is 18.2 Å². The monoisotopic (exact) mass is 331 g/mol. The van der Waals surface area contributed by atoms with Crippen LogP contribution in [0, 0.1) is 25.2 Å². The van der Waals surface area contributed by atoms with Crippen molar-refractivity contribution in [3.63, 3.8) is 0 Å². The number of aryl methyl sites for hydroxylation is 1. The third-order valence-corrected chi connectivity index (χ3v) is 6.04. The van der Waals surface area contributed by atoms with Crippen LogP contribution in [-0.4, -0.2) is 10.8 Å². The minimum Gasteiger partial charge on any atom is -0.342 e. The predicted octanol–water partition coefficient (Wildman–Crippen LogP) is 4.44. The van der Waals surface area contributed by atoms with Gasteiger partial charge in [0.15, 0.2) is 5.11 Å². The van der Waals surface area contributed by atoms with Crippen LogP contribution < -0.4 is 15.8 Å². The molecular formula is C19H29N3S. The van der Waals surface area contributed by atoms with Gasteiger partial charge in [-0.3, -0.25) is 0 Å². The van der Waals surface area contributed by atoms with E-state index in [4.69, 9.17) is 12.2 Å². The summed E-state index contributed by atoms with van der Waals surface area (Å²) in [5.74, 6) is 0.792. The van der Waals surface area contributed by atoms with Gasteiger partial charge in [-0.2, -0.15) is 0 Å². The van der Waals surface area contributed by atoms with Crippen LogP contribution >= 0.6 is 12.2 Å². The molecule has 0 radical (unpaired) electrons. The van der Waals surface area contributed by atoms with Crippen molar-refractivity contribution in [1.29, 1.82) is 0 Å². The molecule has 1 aliphatic carbocycles. The molecule has 1 heterocycles. The normalized spacial score (nSPS) is 28.3. The van der Waals surface area contributed by atoms with E-state index in [2.05, 4.69) is 68.6 Å². The Morgan fingerprint density at radius 2 is 1.83 bits per heavy atom. The second kappa shape index (κ2) is 5.75. The van der Waals surface area contributed by atoms with E-state index in [9.17, 15) is 0 Å². The Morgan fingerprint density at radius 3 is 2.43 bits per heavy atom. The Hall–Kier alpha value is -1.13. The average Bonchev–Trinajstić information content (AvgIpc) is 2.78. The van der Waals surface area contributed by atoms with Crippen molar-refractivity contribution in [3.8, 4) is 0 Å². The van der Waals surface area contributed by atoms with Crippen molar-refractivity contribution in [2.75, 3.05) is 5.01 Å². The smallest absolute Gasteiger partial charge is 0.189 e. The molecule has 0 atom stereocenters. The lowest BCUT2D eigenvalue weighted by molar-refractivity contribution is 0.115. The van der Waals surface area contributed by atoms with Gasteiger partial charge in [0.25, 0.3) is 0 Å². The van der Waals surface area contributed by atoms with Crippen molar-refractivity contribution in [2.45, 2.75) is 66.0 Å². The first-order valence-corrected chi connectivity index (χ1v) is 9.09. The van der Waals surface area contributed by atoms with Crippen LogP contribution in [0.5, 0.6) is 0 Å². The van der Waals surface area contributed by atoms with Crippen LogP contribution in [0.2, 0.25) is 0 Å². The molecule has 2 N–H and O–H groups in total. The summed E-state index contributed by atoms with van der Waals surface area (Å²) in [6, 6.07) is 6.39. The molecule has 126 valence electrons. The van der Waals surface area contributed by atoms with Crippen molar-refractivity contribution in [2.24, 2.45) is 11.3 Å². The summed E-state index contributed by atoms with van der Waals surface area (Å²) in [6.07, 6.45) is 4.73. The molecule has 0 amide bonds. The van der Waals surface area contributed by atoms with Crippen LogP contribution in [0.3, 0.4) is 0 Å². The van der Waals surface area contributed by atoms with Crippen LogP contribution in [0.1, 0.15) is 57.6 Å². The number of rotatable bonds is 1. The number of hydrazine groups is 1. The lowest BCUT2D eigenvalue weighted by Gasteiger charge is -2.42. The summed E-state index contributed by atoms with van der Waals surface area (Å²) in [7, 11) is 0. The molecule has 1 aromatic carbocycles. The molecule has 1 saturated carbocycles.